The number of nitrogens with one attached hydrogen (secondary N) is 1. The van der Waals surface area contributed by atoms with Gasteiger partial charge in [-0.25, -0.2) is 0 Å². The molecule has 4 heteroatoms. The SMILES string of the molecule is c1ncc(CN2CCCC(CNC3CC3)C2)s1. The minimum atomic E-state index is 0.854. The number of nitrogens with zero attached hydrogens (tertiary/aromatic N) is 2. The Hall–Kier alpha value is -0.450. The number of likely N-dealkylation sites (tertiary alicyclic amines) is 1. The lowest BCUT2D eigenvalue weighted by atomic mass is 9.98. The molecule has 2 heterocycles. The van der Waals surface area contributed by atoms with Crippen LogP contribution in [0.2, 0.25) is 0 Å². The van der Waals surface area contributed by atoms with E-state index in [0.29, 0.717) is 0 Å². The van der Waals surface area contributed by atoms with E-state index in [1.807, 2.05) is 11.7 Å². The normalized spacial score (nSPS) is 26.2. The largest absolute Gasteiger partial charge is 0.314 e. The Morgan fingerprint density at radius 2 is 2.35 bits per heavy atom. The Balaban J connectivity index is 1.45. The Morgan fingerprint density at radius 3 is 3.12 bits per heavy atom. The van der Waals surface area contributed by atoms with E-state index in [1.54, 1.807) is 11.3 Å². The quantitative estimate of drug-likeness (QED) is 0.869. The number of rotatable bonds is 5. The van der Waals surface area contributed by atoms with Crippen LogP contribution in [0.5, 0.6) is 0 Å². The molecule has 1 aliphatic carbocycles. The molecule has 1 atom stereocenters. The molecule has 0 amide bonds. The lowest BCUT2D eigenvalue weighted by molar-refractivity contribution is 0.166. The fourth-order valence-corrected chi connectivity index (χ4v) is 3.26. The van der Waals surface area contributed by atoms with Crippen molar-refractivity contribution in [2.75, 3.05) is 19.6 Å². The molecule has 3 nitrogen and oxygen atoms in total. The Kier molecular flexibility index (Phi) is 3.74. The zero-order valence-corrected chi connectivity index (χ0v) is 11.1. The van der Waals surface area contributed by atoms with E-state index < -0.39 is 0 Å². The summed E-state index contributed by atoms with van der Waals surface area (Å²) in [4.78, 5) is 8.15. The minimum Gasteiger partial charge on any atom is -0.314 e. The fraction of sp³-hybridized carbons (Fsp3) is 0.769. The molecule has 94 valence electrons. The van der Waals surface area contributed by atoms with Gasteiger partial charge in [-0.05, 0) is 44.7 Å². The molecule has 0 radical (unpaired) electrons. The zero-order chi connectivity index (χ0) is 11.5. The van der Waals surface area contributed by atoms with Crippen molar-refractivity contribution < 1.29 is 0 Å². The van der Waals surface area contributed by atoms with Crippen LogP contribution in [0.3, 0.4) is 0 Å². The molecule has 2 fully saturated rings. The van der Waals surface area contributed by atoms with E-state index in [0.717, 1.165) is 18.5 Å². The van der Waals surface area contributed by atoms with Crippen LogP contribution >= 0.6 is 11.3 Å². The van der Waals surface area contributed by atoms with Gasteiger partial charge in [0.05, 0.1) is 5.51 Å². The van der Waals surface area contributed by atoms with Crippen LogP contribution in [-0.2, 0) is 6.54 Å². The predicted molar refractivity (Wildman–Crippen MR) is 71.1 cm³/mol. The summed E-state index contributed by atoms with van der Waals surface area (Å²) in [6.45, 7) is 4.85. The molecular weight excluding hydrogens is 230 g/mol. The molecule has 1 unspecified atom stereocenters. The van der Waals surface area contributed by atoms with E-state index in [-0.39, 0.29) is 0 Å². The highest BCUT2D eigenvalue weighted by atomic mass is 32.1. The molecule has 17 heavy (non-hydrogen) atoms. The molecule has 1 saturated heterocycles. The summed E-state index contributed by atoms with van der Waals surface area (Å²) in [7, 11) is 0. The molecule has 0 bridgehead atoms. The standard InChI is InChI=1S/C13H21N3S/c1-2-11(6-15-12-3-4-12)8-16(5-1)9-13-7-14-10-17-13/h7,10-12,15H,1-6,8-9H2. The van der Waals surface area contributed by atoms with Gasteiger partial charge in [0, 0.05) is 30.2 Å². The van der Waals surface area contributed by atoms with Crippen LogP contribution in [0.4, 0.5) is 0 Å². The highest BCUT2D eigenvalue weighted by molar-refractivity contribution is 7.09. The van der Waals surface area contributed by atoms with Crippen LogP contribution in [-0.4, -0.2) is 35.6 Å². The highest BCUT2D eigenvalue weighted by Crippen LogP contribution is 2.22. The smallest absolute Gasteiger partial charge is 0.0794 e. The van der Waals surface area contributed by atoms with Crippen LogP contribution in [0.25, 0.3) is 0 Å². The van der Waals surface area contributed by atoms with Crippen LogP contribution in [0.1, 0.15) is 30.6 Å². The minimum absolute atomic E-state index is 0.854. The summed E-state index contributed by atoms with van der Waals surface area (Å²) in [6.07, 6.45) is 7.57. The third kappa shape index (κ3) is 3.50. The Bertz CT molecular complexity index is 334. The van der Waals surface area contributed by atoms with Gasteiger partial charge in [0.15, 0.2) is 0 Å². The van der Waals surface area contributed by atoms with E-state index >= 15 is 0 Å². The summed E-state index contributed by atoms with van der Waals surface area (Å²) in [5, 5.41) is 3.67. The van der Waals surface area contributed by atoms with Crippen molar-refractivity contribution in [3.05, 3.63) is 16.6 Å². The first-order chi connectivity index (χ1) is 8.40. The van der Waals surface area contributed by atoms with Crippen molar-refractivity contribution in [2.45, 2.75) is 38.3 Å². The number of hydrogen-bond acceptors (Lipinski definition) is 4. The molecule has 0 aromatic carbocycles. The monoisotopic (exact) mass is 251 g/mol. The summed E-state index contributed by atoms with van der Waals surface area (Å²) in [6, 6.07) is 0.854. The first kappa shape index (κ1) is 11.6. The highest BCUT2D eigenvalue weighted by Gasteiger charge is 2.24. The molecule has 1 N–H and O–H groups in total. The molecule has 1 saturated carbocycles. The lowest BCUT2D eigenvalue weighted by Crippen LogP contribution is -2.39. The van der Waals surface area contributed by atoms with Gasteiger partial charge in [-0.1, -0.05) is 0 Å². The average Bonchev–Trinajstić information content (AvgIpc) is 3.05. The van der Waals surface area contributed by atoms with Gasteiger partial charge in [-0.3, -0.25) is 9.88 Å². The second-order valence-electron chi connectivity index (χ2n) is 5.39. The fourth-order valence-electron chi connectivity index (χ4n) is 2.62. The Labute approximate surface area is 107 Å². The maximum Gasteiger partial charge on any atom is 0.0794 e. The summed E-state index contributed by atoms with van der Waals surface area (Å²) < 4.78 is 0. The number of hydrogen-bond donors (Lipinski definition) is 1. The summed E-state index contributed by atoms with van der Waals surface area (Å²) in [5.41, 5.74) is 1.94. The topological polar surface area (TPSA) is 28.2 Å². The van der Waals surface area contributed by atoms with Gasteiger partial charge in [-0.2, -0.15) is 0 Å². The predicted octanol–water partition coefficient (Wildman–Crippen LogP) is 2.11. The second-order valence-corrected chi connectivity index (χ2v) is 6.36. The third-order valence-electron chi connectivity index (χ3n) is 3.74. The lowest BCUT2D eigenvalue weighted by Gasteiger charge is -2.32. The van der Waals surface area contributed by atoms with Crippen molar-refractivity contribution in [1.29, 1.82) is 0 Å². The van der Waals surface area contributed by atoms with E-state index in [1.165, 1.54) is 50.2 Å². The summed E-state index contributed by atoms with van der Waals surface area (Å²) >= 11 is 1.78. The van der Waals surface area contributed by atoms with E-state index in [2.05, 4.69) is 15.2 Å². The number of piperidine rings is 1. The number of aromatic nitrogens is 1. The van der Waals surface area contributed by atoms with Gasteiger partial charge in [0.2, 0.25) is 0 Å². The van der Waals surface area contributed by atoms with Crippen molar-refractivity contribution in [3.8, 4) is 0 Å². The first-order valence-corrected chi connectivity index (χ1v) is 7.61. The average molecular weight is 251 g/mol. The molecule has 1 aliphatic heterocycles. The van der Waals surface area contributed by atoms with Gasteiger partial charge >= 0.3 is 0 Å². The molecule has 3 rings (SSSR count). The number of thiazole rings is 1. The first-order valence-electron chi connectivity index (χ1n) is 6.73. The van der Waals surface area contributed by atoms with Crippen molar-refractivity contribution >= 4 is 11.3 Å². The maximum absolute atomic E-state index is 4.15. The van der Waals surface area contributed by atoms with Gasteiger partial charge in [-0.15, -0.1) is 11.3 Å². The van der Waals surface area contributed by atoms with Gasteiger partial charge in [0.1, 0.15) is 0 Å². The summed E-state index contributed by atoms with van der Waals surface area (Å²) in [5.74, 6) is 0.859. The Morgan fingerprint density at radius 1 is 1.41 bits per heavy atom. The second kappa shape index (κ2) is 5.46. The van der Waals surface area contributed by atoms with Crippen molar-refractivity contribution in [1.82, 2.24) is 15.2 Å². The van der Waals surface area contributed by atoms with Gasteiger partial charge in [0.25, 0.3) is 0 Å². The van der Waals surface area contributed by atoms with Crippen LogP contribution < -0.4 is 5.32 Å². The van der Waals surface area contributed by atoms with E-state index in [4.69, 9.17) is 0 Å². The van der Waals surface area contributed by atoms with E-state index in [9.17, 15) is 0 Å². The molecular formula is C13H21N3S. The van der Waals surface area contributed by atoms with Crippen molar-refractivity contribution in [2.24, 2.45) is 5.92 Å². The van der Waals surface area contributed by atoms with Gasteiger partial charge < -0.3 is 5.32 Å². The maximum atomic E-state index is 4.15. The third-order valence-corrected chi connectivity index (χ3v) is 4.50. The van der Waals surface area contributed by atoms with Crippen LogP contribution in [0, 0.1) is 5.92 Å². The van der Waals surface area contributed by atoms with Crippen molar-refractivity contribution in [3.63, 3.8) is 0 Å². The van der Waals surface area contributed by atoms with Crippen LogP contribution in [0.15, 0.2) is 11.7 Å². The molecule has 2 aliphatic rings. The molecule has 1 aromatic heterocycles. The molecule has 1 aromatic rings. The zero-order valence-electron chi connectivity index (χ0n) is 10.3. The molecule has 0 spiro atoms.